The Morgan fingerprint density at radius 2 is 2.43 bits per heavy atom. The van der Waals surface area contributed by atoms with Gasteiger partial charge in [-0.1, -0.05) is 15.9 Å². The van der Waals surface area contributed by atoms with E-state index in [0.717, 1.165) is 4.88 Å². The Kier molecular flexibility index (Phi) is 4.57. The highest BCUT2D eigenvalue weighted by Gasteiger charge is 2.09. The second kappa shape index (κ2) is 5.48. The molecule has 1 amide bonds. The lowest BCUT2D eigenvalue weighted by molar-refractivity contribution is 0.0930. The molecular weight excluding hydrogens is 266 g/mol. The van der Waals surface area contributed by atoms with Crippen molar-refractivity contribution in [3.8, 4) is 0 Å². The Labute approximate surface area is 95.3 Å². The van der Waals surface area contributed by atoms with Crippen LogP contribution in [-0.4, -0.2) is 29.0 Å². The number of halogens is 1. The summed E-state index contributed by atoms with van der Waals surface area (Å²) in [6.45, 7) is 2.23. The van der Waals surface area contributed by atoms with Crippen LogP contribution in [-0.2, 0) is 0 Å². The zero-order chi connectivity index (χ0) is 10.6. The van der Waals surface area contributed by atoms with Crippen LogP contribution < -0.4 is 5.32 Å². The number of carbonyl (C=O) groups is 1. The van der Waals surface area contributed by atoms with Gasteiger partial charge in [0.15, 0.2) is 0 Å². The molecule has 14 heavy (non-hydrogen) atoms. The summed E-state index contributed by atoms with van der Waals surface area (Å²) in [7, 11) is 0. The monoisotopic (exact) mass is 277 g/mol. The van der Waals surface area contributed by atoms with Gasteiger partial charge in [-0.15, -0.1) is 11.3 Å². The lowest BCUT2D eigenvalue weighted by Crippen LogP contribution is -2.32. The van der Waals surface area contributed by atoms with Crippen molar-refractivity contribution in [1.29, 1.82) is 0 Å². The van der Waals surface area contributed by atoms with Gasteiger partial charge in [-0.2, -0.15) is 0 Å². The van der Waals surface area contributed by atoms with Crippen LogP contribution in [0.25, 0.3) is 0 Å². The molecular formula is C9H12BrNO2S. The molecule has 0 aliphatic rings. The maximum atomic E-state index is 11.5. The number of hydrogen-bond acceptors (Lipinski definition) is 3. The number of carbonyl (C=O) groups excluding carboxylic acids is 1. The molecule has 1 rings (SSSR count). The molecule has 0 bridgehead atoms. The highest BCUT2D eigenvalue weighted by Crippen LogP contribution is 2.14. The first-order valence-electron chi connectivity index (χ1n) is 4.22. The minimum absolute atomic E-state index is 0.122. The van der Waals surface area contributed by atoms with Crippen LogP contribution in [0.1, 0.15) is 14.5 Å². The van der Waals surface area contributed by atoms with Gasteiger partial charge in [-0.05, 0) is 19.1 Å². The minimum atomic E-state index is -0.528. The number of rotatable bonds is 4. The normalized spacial score (nSPS) is 12.5. The maximum Gasteiger partial charge on any atom is 0.261 e. The van der Waals surface area contributed by atoms with Crippen molar-refractivity contribution in [2.45, 2.75) is 13.0 Å². The summed E-state index contributed by atoms with van der Waals surface area (Å²) in [6, 6.07) is 3.69. The van der Waals surface area contributed by atoms with Crippen molar-refractivity contribution in [2.24, 2.45) is 0 Å². The standard InChI is InChI=1S/C9H12BrNO2S/c1-6-2-3-8(14-6)9(13)11-5-7(12)4-10/h2-3,7,12H,4-5H2,1H3,(H,11,13)/t7-/m1/s1. The van der Waals surface area contributed by atoms with Crippen molar-refractivity contribution < 1.29 is 9.90 Å². The first-order valence-corrected chi connectivity index (χ1v) is 6.16. The molecule has 1 aromatic heterocycles. The number of aliphatic hydroxyl groups is 1. The summed E-state index contributed by atoms with van der Waals surface area (Å²) in [5.74, 6) is -0.122. The Bertz CT molecular complexity index is 314. The maximum absolute atomic E-state index is 11.5. The van der Waals surface area contributed by atoms with Gasteiger partial charge >= 0.3 is 0 Å². The lowest BCUT2D eigenvalue weighted by Gasteiger charge is -2.07. The molecule has 1 heterocycles. The Morgan fingerprint density at radius 1 is 1.71 bits per heavy atom. The Morgan fingerprint density at radius 3 is 2.93 bits per heavy atom. The molecule has 1 atom stereocenters. The van der Waals surface area contributed by atoms with Gasteiger partial charge in [-0.3, -0.25) is 4.79 Å². The minimum Gasteiger partial charge on any atom is -0.390 e. The van der Waals surface area contributed by atoms with Crippen LogP contribution in [0.4, 0.5) is 0 Å². The van der Waals surface area contributed by atoms with Crippen molar-refractivity contribution in [1.82, 2.24) is 5.32 Å². The average molecular weight is 278 g/mol. The molecule has 0 unspecified atom stereocenters. The summed E-state index contributed by atoms with van der Waals surface area (Å²) in [5, 5.41) is 12.3. The van der Waals surface area contributed by atoms with Crippen LogP contribution in [0.2, 0.25) is 0 Å². The number of hydrogen-bond donors (Lipinski definition) is 2. The molecule has 2 N–H and O–H groups in total. The summed E-state index contributed by atoms with van der Waals surface area (Å²) in [5.41, 5.74) is 0. The summed E-state index contributed by atoms with van der Waals surface area (Å²) < 4.78 is 0. The molecule has 5 heteroatoms. The van der Waals surface area contributed by atoms with Crippen LogP contribution >= 0.6 is 27.3 Å². The lowest BCUT2D eigenvalue weighted by atomic mass is 10.3. The highest BCUT2D eigenvalue weighted by molar-refractivity contribution is 9.09. The number of aryl methyl sites for hydroxylation is 1. The third kappa shape index (κ3) is 3.40. The molecule has 0 radical (unpaired) electrons. The number of aliphatic hydroxyl groups excluding tert-OH is 1. The third-order valence-corrected chi connectivity index (χ3v) is 3.39. The van der Waals surface area contributed by atoms with Crippen molar-refractivity contribution >= 4 is 33.2 Å². The molecule has 0 saturated heterocycles. The average Bonchev–Trinajstić information content (AvgIpc) is 2.60. The van der Waals surface area contributed by atoms with E-state index < -0.39 is 6.10 Å². The Hall–Kier alpha value is -0.390. The van der Waals surface area contributed by atoms with E-state index in [1.807, 2.05) is 13.0 Å². The van der Waals surface area contributed by atoms with Crippen LogP contribution in [0.5, 0.6) is 0 Å². The first kappa shape index (κ1) is 11.7. The van der Waals surface area contributed by atoms with Gasteiger partial charge < -0.3 is 10.4 Å². The smallest absolute Gasteiger partial charge is 0.261 e. The van der Waals surface area contributed by atoms with Gasteiger partial charge in [0.1, 0.15) is 0 Å². The molecule has 0 spiro atoms. The molecule has 0 fully saturated rings. The van der Waals surface area contributed by atoms with Crippen molar-refractivity contribution in [3.63, 3.8) is 0 Å². The molecule has 0 aliphatic heterocycles. The van der Waals surface area contributed by atoms with Crippen molar-refractivity contribution in [3.05, 3.63) is 21.9 Å². The van der Waals surface area contributed by atoms with E-state index in [2.05, 4.69) is 21.2 Å². The van der Waals surface area contributed by atoms with E-state index in [-0.39, 0.29) is 12.5 Å². The van der Waals surface area contributed by atoms with E-state index >= 15 is 0 Å². The van der Waals surface area contributed by atoms with E-state index in [0.29, 0.717) is 10.2 Å². The predicted octanol–water partition coefficient (Wildman–Crippen LogP) is 1.54. The van der Waals surface area contributed by atoms with Crippen molar-refractivity contribution in [2.75, 3.05) is 11.9 Å². The number of amides is 1. The fraction of sp³-hybridized carbons (Fsp3) is 0.444. The molecule has 78 valence electrons. The van der Waals surface area contributed by atoms with Gasteiger partial charge in [-0.25, -0.2) is 0 Å². The van der Waals surface area contributed by atoms with E-state index in [9.17, 15) is 9.90 Å². The molecule has 1 aromatic rings. The zero-order valence-corrected chi connectivity index (χ0v) is 10.2. The van der Waals surface area contributed by atoms with Crippen LogP contribution in [0.15, 0.2) is 12.1 Å². The second-order valence-corrected chi connectivity index (χ2v) is 4.86. The second-order valence-electron chi connectivity index (χ2n) is 2.93. The first-order chi connectivity index (χ1) is 6.63. The van der Waals surface area contributed by atoms with Gasteiger partial charge in [0.2, 0.25) is 0 Å². The molecule has 3 nitrogen and oxygen atoms in total. The van der Waals surface area contributed by atoms with Gasteiger partial charge in [0.05, 0.1) is 11.0 Å². The summed E-state index contributed by atoms with van der Waals surface area (Å²) >= 11 is 4.58. The molecule has 0 aliphatic carbocycles. The fourth-order valence-corrected chi connectivity index (χ4v) is 1.92. The summed E-state index contributed by atoms with van der Waals surface area (Å²) in [4.78, 5) is 13.2. The number of alkyl halides is 1. The van der Waals surface area contributed by atoms with Gasteiger partial charge in [0, 0.05) is 16.8 Å². The topological polar surface area (TPSA) is 49.3 Å². The number of nitrogens with one attached hydrogen (secondary N) is 1. The SMILES string of the molecule is Cc1ccc(C(=O)NC[C@H](O)CBr)s1. The van der Waals surface area contributed by atoms with E-state index in [4.69, 9.17) is 0 Å². The largest absolute Gasteiger partial charge is 0.390 e. The predicted molar refractivity (Wildman–Crippen MR) is 61.2 cm³/mol. The Balaban J connectivity index is 2.43. The van der Waals surface area contributed by atoms with E-state index in [1.54, 1.807) is 6.07 Å². The fourth-order valence-electron chi connectivity index (χ4n) is 0.909. The van der Waals surface area contributed by atoms with E-state index in [1.165, 1.54) is 11.3 Å². The zero-order valence-electron chi connectivity index (χ0n) is 7.79. The van der Waals surface area contributed by atoms with Crippen LogP contribution in [0, 0.1) is 6.92 Å². The van der Waals surface area contributed by atoms with Gasteiger partial charge in [0.25, 0.3) is 5.91 Å². The summed E-state index contributed by atoms with van der Waals surface area (Å²) in [6.07, 6.45) is -0.528. The molecule has 0 saturated carbocycles. The quantitative estimate of drug-likeness (QED) is 0.821. The number of thiophene rings is 1. The van der Waals surface area contributed by atoms with Crippen LogP contribution in [0.3, 0.4) is 0 Å². The third-order valence-electron chi connectivity index (χ3n) is 1.64. The molecule has 0 aromatic carbocycles. The highest BCUT2D eigenvalue weighted by atomic mass is 79.9.